The Balaban J connectivity index is 2.01. The van der Waals surface area contributed by atoms with Crippen LogP contribution in [0.5, 0.6) is 0 Å². The van der Waals surface area contributed by atoms with Gasteiger partial charge in [-0.2, -0.15) is 0 Å². The van der Waals surface area contributed by atoms with Crippen LogP contribution in [-0.4, -0.2) is 16.8 Å². The monoisotopic (exact) mass is 287 g/mol. The number of carbonyl (C=O) groups is 2. The number of para-hydroxylation sites is 1. The fourth-order valence-corrected chi connectivity index (χ4v) is 3.67. The van der Waals surface area contributed by atoms with Gasteiger partial charge in [-0.05, 0) is 30.7 Å². The molecular formula is C17H21NO3. The highest BCUT2D eigenvalue weighted by Gasteiger charge is 2.54. The predicted molar refractivity (Wildman–Crippen MR) is 79.6 cm³/mol. The molecule has 0 radical (unpaired) electrons. The van der Waals surface area contributed by atoms with E-state index in [1.165, 1.54) is 0 Å². The molecule has 3 unspecified atom stereocenters. The summed E-state index contributed by atoms with van der Waals surface area (Å²) < 4.78 is 0. The third kappa shape index (κ3) is 2.09. The molecule has 0 bridgehead atoms. The first-order chi connectivity index (χ1) is 9.94. The van der Waals surface area contributed by atoms with Crippen molar-refractivity contribution in [1.82, 2.24) is 0 Å². The van der Waals surface area contributed by atoms with Gasteiger partial charge in [-0.25, -0.2) is 0 Å². The van der Waals surface area contributed by atoms with Gasteiger partial charge in [0.2, 0.25) is 0 Å². The van der Waals surface area contributed by atoms with Gasteiger partial charge in [0.15, 0.2) is 5.60 Å². The number of fused-ring (bicyclic) bond motifs is 1. The number of Topliss-reactive ketones (excluding diaryl/α,β-unsaturated/α-hetero) is 1. The van der Waals surface area contributed by atoms with Gasteiger partial charge in [0.25, 0.3) is 5.91 Å². The Morgan fingerprint density at radius 3 is 2.71 bits per heavy atom. The van der Waals surface area contributed by atoms with Crippen LogP contribution >= 0.6 is 0 Å². The number of nitrogens with one attached hydrogen (secondary N) is 1. The van der Waals surface area contributed by atoms with Crippen molar-refractivity contribution in [2.24, 2.45) is 17.8 Å². The maximum absolute atomic E-state index is 12.4. The van der Waals surface area contributed by atoms with Crippen molar-refractivity contribution in [1.29, 1.82) is 0 Å². The van der Waals surface area contributed by atoms with E-state index in [0.717, 1.165) is 6.42 Å². The van der Waals surface area contributed by atoms with Crippen LogP contribution in [0.4, 0.5) is 5.69 Å². The number of anilines is 1. The molecule has 112 valence electrons. The molecule has 1 aromatic rings. The Hall–Kier alpha value is -1.68. The van der Waals surface area contributed by atoms with E-state index in [4.69, 9.17) is 0 Å². The van der Waals surface area contributed by atoms with Crippen molar-refractivity contribution < 1.29 is 14.7 Å². The number of benzene rings is 1. The highest BCUT2D eigenvalue weighted by molar-refractivity contribution is 6.08. The number of rotatable bonds is 2. The molecule has 4 heteroatoms. The maximum atomic E-state index is 12.4. The average molecular weight is 287 g/mol. The molecule has 2 aliphatic rings. The minimum atomic E-state index is -1.71. The molecule has 1 aromatic carbocycles. The topological polar surface area (TPSA) is 66.4 Å². The molecular weight excluding hydrogens is 266 g/mol. The molecule has 1 amide bonds. The molecule has 2 N–H and O–H groups in total. The lowest BCUT2D eigenvalue weighted by Gasteiger charge is -2.37. The van der Waals surface area contributed by atoms with Crippen LogP contribution in [0.2, 0.25) is 0 Å². The van der Waals surface area contributed by atoms with Gasteiger partial charge in [-0.3, -0.25) is 9.59 Å². The lowest BCUT2D eigenvalue weighted by Crippen LogP contribution is -2.48. The van der Waals surface area contributed by atoms with Gasteiger partial charge >= 0.3 is 0 Å². The van der Waals surface area contributed by atoms with Gasteiger partial charge in [0.1, 0.15) is 5.78 Å². The van der Waals surface area contributed by atoms with E-state index < -0.39 is 17.4 Å². The SMILES string of the molecule is CC(C)C1CCC(=O)C(C2(O)C(=O)Nc3ccccc32)C1. The normalized spacial score (nSPS) is 32.2. The van der Waals surface area contributed by atoms with Gasteiger partial charge in [0, 0.05) is 17.7 Å². The van der Waals surface area contributed by atoms with Crippen molar-refractivity contribution in [3.05, 3.63) is 29.8 Å². The number of ketones is 1. The van der Waals surface area contributed by atoms with E-state index in [-0.39, 0.29) is 5.78 Å². The third-order valence-electron chi connectivity index (χ3n) is 5.07. The zero-order chi connectivity index (χ0) is 15.2. The quantitative estimate of drug-likeness (QED) is 0.878. The Morgan fingerprint density at radius 2 is 2.00 bits per heavy atom. The van der Waals surface area contributed by atoms with Gasteiger partial charge in [-0.15, -0.1) is 0 Å². The highest BCUT2D eigenvalue weighted by atomic mass is 16.3. The number of carbonyl (C=O) groups excluding carboxylic acids is 2. The Bertz CT molecular complexity index is 595. The smallest absolute Gasteiger partial charge is 0.261 e. The van der Waals surface area contributed by atoms with Crippen LogP contribution in [0.3, 0.4) is 0 Å². The summed E-state index contributed by atoms with van der Waals surface area (Å²) >= 11 is 0. The summed E-state index contributed by atoms with van der Waals surface area (Å²) in [5, 5.41) is 13.8. The molecule has 3 atom stereocenters. The summed E-state index contributed by atoms with van der Waals surface area (Å²) in [5.41, 5.74) is -0.552. The molecule has 0 aromatic heterocycles. The zero-order valence-electron chi connectivity index (χ0n) is 12.4. The summed E-state index contributed by atoms with van der Waals surface area (Å²) in [4.78, 5) is 24.7. The Kier molecular flexibility index (Phi) is 3.36. The Morgan fingerprint density at radius 1 is 1.29 bits per heavy atom. The molecule has 1 saturated carbocycles. The van der Waals surface area contributed by atoms with Gasteiger partial charge in [0.05, 0.1) is 5.92 Å². The summed E-state index contributed by atoms with van der Waals surface area (Å²) in [6.07, 6.45) is 1.88. The summed E-state index contributed by atoms with van der Waals surface area (Å²) in [7, 11) is 0. The van der Waals surface area contributed by atoms with Crippen molar-refractivity contribution in [2.45, 2.75) is 38.7 Å². The molecule has 4 nitrogen and oxygen atoms in total. The first-order valence-corrected chi connectivity index (χ1v) is 7.60. The minimum absolute atomic E-state index is 0.00116. The fourth-order valence-electron chi connectivity index (χ4n) is 3.67. The largest absolute Gasteiger partial charge is 0.375 e. The minimum Gasteiger partial charge on any atom is -0.375 e. The molecule has 3 rings (SSSR count). The van der Waals surface area contributed by atoms with Crippen LogP contribution in [-0.2, 0) is 15.2 Å². The highest BCUT2D eigenvalue weighted by Crippen LogP contribution is 2.47. The van der Waals surface area contributed by atoms with Crippen molar-refractivity contribution >= 4 is 17.4 Å². The van der Waals surface area contributed by atoms with E-state index >= 15 is 0 Å². The van der Waals surface area contributed by atoms with Crippen LogP contribution in [0.1, 0.15) is 38.7 Å². The maximum Gasteiger partial charge on any atom is 0.261 e. The van der Waals surface area contributed by atoms with Crippen LogP contribution in [0.25, 0.3) is 0 Å². The molecule has 0 spiro atoms. The van der Waals surface area contributed by atoms with Crippen molar-refractivity contribution in [3.63, 3.8) is 0 Å². The second kappa shape index (κ2) is 4.95. The standard InChI is InChI=1S/C17H21NO3/c1-10(2)11-7-8-15(19)13(9-11)17(21)12-5-3-4-6-14(12)18-16(17)20/h3-6,10-11,13,21H,7-9H2,1-2H3,(H,18,20). The van der Waals surface area contributed by atoms with E-state index in [2.05, 4.69) is 19.2 Å². The van der Waals surface area contributed by atoms with Crippen LogP contribution < -0.4 is 5.32 Å². The van der Waals surface area contributed by atoms with E-state index in [9.17, 15) is 14.7 Å². The second-order valence-electron chi connectivity index (χ2n) is 6.56. The number of hydrogen-bond donors (Lipinski definition) is 2. The molecule has 1 aliphatic carbocycles. The summed E-state index contributed by atoms with van der Waals surface area (Å²) in [6, 6.07) is 7.10. The lowest BCUT2D eigenvalue weighted by atomic mass is 9.67. The van der Waals surface area contributed by atoms with E-state index in [1.54, 1.807) is 18.2 Å². The molecule has 0 saturated heterocycles. The molecule has 1 aliphatic heterocycles. The zero-order valence-corrected chi connectivity index (χ0v) is 12.4. The predicted octanol–water partition coefficient (Wildman–Crippen LogP) is 2.47. The first kappa shape index (κ1) is 14.3. The van der Waals surface area contributed by atoms with Crippen molar-refractivity contribution in [3.8, 4) is 0 Å². The fraction of sp³-hybridized carbons (Fsp3) is 0.529. The Labute approximate surface area is 124 Å². The summed E-state index contributed by atoms with van der Waals surface area (Å²) in [6.45, 7) is 4.26. The van der Waals surface area contributed by atoms with E-state index in [0.29, 0.717) is 35.9 Å². The van der Waals surface area contributed by atoms with E-state index in [1.807, 2.05) is 6.07 Å². The molecule has 21 heavy (non-hydrogen) atoms. The third-order valence-corrected chi connectivity index (χ3v) is 5.07. The number of hydrogen-bond acceptors (Lipinski definition) is 3. The second-order valence-corrected chi connectivity index (χ2v) is 6.56. The summed E-state index contributed by atoms with van der Waals surface area (Å²) in [5.74, 6) is -0.281. The van der Waals surface area contributed by atoms with Crippen molar-refractivity contribution in [2.75, 3.05) is 5.32 Å². The number of amides is 1. The first-order valence-electron chi connectivity index (χ1n) is 7.60. The van der Waals surface area contributed by atoms with Gasteiger partial charge < -0.3 is 10.4 Å². The van der Waals surface area contributed by atoms with Gasteiger partial charge in [-0.1, -0.05) is 32.0 Å². The lowest BCUT2D eigenvalue weighted by molar-refractivity contribution is -0.152. The molecule has 1 heterocycles. The average Bonchev–Trinajstić information content (AvgIpc) is 2.72. The van der Waals surface area contributed by atoms with Crippen LogP contribution in [0.15, 0.2) is 24.3 Å². The molecule has 1 fully saturated rings. The van der Waals surface area contributed by atoms with Crippen LogP contribution in [0, 0.1) is 17.8 Å². The number of aliphatic hydroxyl groups is 1.